The number of nitrogens with zero attached hydrogens (tertiary/aromatic N) is 3. The van der Waals surface area contributed by atoms with Crippen molar-refractivity contribution in [2.75, 3.05) is 11.9 Å². The second kappa shape index (κ2) is 12.5. The third-order valence-electron chi connectivity index (χ3n) is 7.25. The zero-order valence-electron chi connectivity index (χ0n) is 24.9. The van der Waals surface area contributed by atoms with Gasteiger partial charge < -0.3 is 24.2 Å². The van der Waals surface area contributed by atoms with Crippen LogP contribution in [0.5, 0.6) is 17.2 Å². The Kier molecular flexibility index (Phi) is 8.75. The van der Waals surface area contributed by atoms with E-state index >= 15 is 0 Å². The average molecular weight is 610 g/mol. The first-order chi connectivity index (χ1) is 20.9. The van der Waals surface area contributed by atoms with Crippen LogP contribution in [0.15, 0.2) is 66.9 Å². The second-order valence-corrected chi connectivity index (χ2v) is 11.1. The number of aryl methyl sites for hydroxylation is 1. The molecular weight excluding hydrogens is 575 g/mol. The molecule has 1 aliphatic carbocycles. The number of carbonyl (C=O) groups is 1. The molecule has 5 rings (SSSR count). The maximum Gasteiger partial charge on any atom is 0.573 e. The Morgan fingerprint density at radius 2 is 1.84 bits per heavy atom. The van der Waals surface area contributed by atoms with Crippen LogP contribution in [-0.2, 0) is 13.2 Å². The fourth-order valence-electron chi connectivity index (χ4n) is 5.17. The quantitative estimate of drug-likeness (QED) is 0.177. The van der Waals surface area contributed by atoms with Gasteiger partial charge in [0.25, 0.3) is 0 Å². The molecule has 0 radical (unpaired) electrons. The molecule has 11 heteroatoms. The summed E-state index contributed by atoms with van der Waals surface area (Å²) in [5.41, 5.74) is 4.72. The topological polar surface area (TPSA) is 86.1 Å². The van der Waals surface area contributed by atoms with Crippen LogP contribution in [0.3, 0.4) is 0 Å². The van der Waals surface area contributed by atoms with E-state index in [0.29, 0.717) is 29.7 Å². The number of carboxylic acid groups (broad SMARTS) is 1. The number of hydrogen-bond donors (Lipinski definition) is 1. The number of anilines is 1. The standard InChI is InChI=1S/C33H34F3N3O5/c1-20(2)43-31-16-22(9-13-25(31)32(40)41)18-38(4)27-14-12-24(15-21(27)3)42-19-29-26(23-10-11-23)17-37-39(29)28-7-5-6-8-30(28)44-33(34,35)36/h5-9,12-17,20,23H,10-11,18-19H2,1-4H3,(H,40,41). The van der Waals surface area contributed by atoms with E-state index in [-0.39, 0.29) is 29.7 Å². The minimum atomic E-state index is -4.84. The predicted molar refractivity (Wildman–Crippen MR) is 159 cm³/mol. The van der Waals surface area contributed by atoms with Gasteiger partial charge in [-0.25, -0.2) is 9.48 Å². The predicted octanol–water partition coefficient (Wildman–Crippen LogP) is 7.66. The average Bonchev–Trinajstić information content (AvgIpc) is 3.70. The van der Waals surface area contributed by atoms with Crippen molar-refractivity contribution in [3.63, 3.8) is 0 Å². The van der Waals surface area contributed by atoms with Gasteiger partial charge in [-0.3, -0.25) is 0 Å². The molecule has 44 heavy (non-hydrogen) atoms. The van der Waals surface area contributed by atoms with Crippen molar-refractivity contribution in [3.8, 4) is 22.9 Å². The number of halogens is 3. The van der Waals surface area contributed by atoms with E-state index in [0.717, 1.165) is 35.2 Å². The number of aromatic carboxylic acids is 1. The largest absolute Gasteiger partial charge is 0.573 e. The van der Waals surface area contributed by atoms with Gasteiger partial charge in [-0.2, -0.15) is 5.10 Å². The number of benzene rings is 3. The number of alkyl halides is 3. The smallest absolute Gasteiger partial charge is 0.490 e. The van der Waals surface area contributed by atoms with Gasteiger partial charge in [0.05, 0.1) is 18.0 Å². The molecule has 0 amide bonds. The molecule has 0 atom stereocenters. The molecule has 232 valence electrons. The maximum absolute atomic E-state index is 13.1. The summed E-state index contributed by atoms with van der Waals surface area (Å²) in [6, 6.07) is 16.7. The first-order valence-electron chi connectivity index (χ1n) is 14.3. The van der Waals surface area contributed by atoms with Crippen LogP contribution < -0.4 is 19.1 Å². The monoisotopic (exact) mass is 609 g/mol. The highest BCUT2D eigenvalue weighted by Gasteiger charge is 2.34. The second-order valence-electron chi connectivity index (χ2n) is 11.1. The molecule has 1 aromatic heterocycles. The van der Waals surface area contributed by atoms with Crippen LogP contribution >= 0.6 is 0 Å². The van der Waals surface area contributed by atoms with E-state index in [1.807, 2.05) is 50.9 Å². The third-order valence-corrected chi connectivity index (χ3v) is 7.25. The molecule has 0 unspecified atom stereocenters. The van der Waals surface area contributed by atoms with Crippen molar-refractivity contribution in [2.24, 2.45) is 0 Å². The van der Waals surface area contributed by atoms with Gasteiger partial charge in [-0.15, -0.1) is 13.2 Å². The fraction of sp³-hybridized carbons (Fsp3) is 0.333. The van der Waals surface area contributed by atoms with Crippen molar-refractivity contribution >= 4 is 11.7 Å². The number of rotatable bonds is 12. The highest BCUT2D eigenvalue weighted by Crippen LogP contribution is 2.43. The zero-order chi connectivity index (χ0) is 31.6. The van der Waals surface area contributed by atoms with Crippen LogP contribution in [0.4, 0.5) is 18.9 Å². The molecule has 0 aliphatic heterocycles. The summed E-state index contributed by atoms with van der Waals surface area (Å²) in [6.07, 6.45) is -1.33. The summed E-state index contributed by atoms with van der Waals surface area (Å²) in [5.74, 6) is -0.149. The van der Waals surface area contributed by atoms with E-state index in [9.17, 15) is 23.1 Å². The highest BCUT2D eigenvalue weighted by atomic mass is 19.4. The molecule has 1 heterocycles. The van der Waals surface area contributed by atoms with Gasteiger partial charge in [0.2, 0.25) is 0 Å². The molecule has 1 N–H and O–H groups in total. The fourth-order valence-corrected chi connectivity index (χ4v) is 5.17. The number of carboxylic acids is 1. The highest BCUT2D eigenvalue weighted by molar-refractivity contribution is 5.91. The summed E-state index contributed by atoms with van der Waals surface area (Å²) in [6.45, 7) is 6.27. The lowest BCUT2D eigenvalue weighted by Crippen LogP contribution is -2.19. The van der Waals surface area contributed by atoms with Crippen LogP contribution in [-0.4, -0.2) is 40.4 Å². The normalized spacial score (nSPS) is 13.2. The lowest BCUT2D eigenvalue weighted by molar-refractivity contribution is -0.274. The first-order valence-corrected chi connectivity index (χ1v) is 14.3. The molecule has 1 saturated carbocycles. The Balaban J connectivity index is 1.33. The number of hydrogen-bond acceptors (Lipinski definition) is 6. The summed E-state index contributed by atoms with van der Waals surface area (Å²) >= 11 is 0. The van der Waals surface area contributed by atoms with Gasteiger partial charge in [0.15, 0.2) is 5.75 Å². The van der Waals surface area contributed by atoms with E-state index in [1.54, 1.807) is 30.5 Å². The molecule has 1 fully saturated rings. The van der Waals surface area contributed by atoms with Crippen molar-refractivity contribution in [3.05, 3.63) is 94.8 Å². The molecule has 4 aromatic rings. The first kappa shape index (κ1) is 30.8. The van der Waals surface area contributed by atoms with Gasteiger partial charge in [0, 0.05) is 24.8 Å². The molecule has 0 spiro atoms. The van der Waals surface area contributed by atoms with Gasteiger partial charge in [-0.1, -0.05) is 18.2 Å². The Labute approximate surface area is 253 Å². The lowest BCUT2D eigenvalue weighted by Gasteiger charge is -2.23. The van der Waals surface area contributed by atoms with Crippen LogP contribution in [0.2, 0.25) is 0 Å². The Morgan fingerprint density at radius 1 is 1.09 bits per heavy atom. The molecule has 0 saturated heterocycles. The van der Waals surface area contributed by atoms with E-state index in [1.165, 1.54) is 22.9 Å². The molecule has 0 bridgehead atoms. The molecular formula is C33H34F3N3O5. The third kappa shape index (κ3) is 7.27. The molecule has 3 aromatic carbocycles. The summed E-state index contributed by atoms with van der Waals surface area (Å²) in [4.78, 5) is 13.7. The van der Waals surface area contributed by atoms with Gasteiger partial charge in [-0.05, 0) is 93.1 Å². The number of para-hydroxylation sites is 2. The zero-order valence-corrected chi connectivity index (χ0v) is 24.9. The summed E-state index contributed by atoms with van der Waals surface area (Å²) in [7, 11) is 1.94. The summed E-state index contributed by atoms with van der Waals surface area (Å²) < 4.78 is 57.0. The van der Waals surface area contributed by atoms with Crippen LogP contribution in [0, 0.1) is 6.92 Å². The van der Waals surface area contributed by atoms with Gasteiger partial charge in [0.1, 0.15) is 29.4 Å². The van der Waals surface area contributed by atoms with Crippen LogP contribution in [0.1, 0.15) is 65.3 Å². The molecule has 1 aliphatic rings. The minimum absolute atomic E-state index is 0.107. The van der Waals surface area contributed by atoms with Crippen LogP contribution in [0.25, 0.3) is 5.69 Å². The minimum Gasteiger partial charge on any atom is -0.490 e. The van der Waals surface area contributed by atoms with Crippen molar-refractivity contribution in [1.29, 1.82) is 0 Å². The lowest BCUT2D eigenvalue weighted by atomic mass is 10.1. The Hall–Kier alpha value is -4.67. The van der Waals surface area contributed by atoms with Gasteiger partial charge >= 0.3 is 12.3 Å². The van der Waals surface area contributed by atoms with Crippen molar-refractivity contribution in [1.82, 2.24) is 9.78 Å². The van der Waals surface area contributed by atoms with E-state index in [4.69, 9.17) is 9.47 Å². The van der Waals surface area contributed by atoms with E-state index in [2.05, 4.69) is 9.84 Å². The SMILES string of the molecule is Cc1cc(OCc2c(C3CC3)cnn2-c2ccccc2OC(F)(F)F)ccc1N(C)Cc1ccc(C(=O)O)c(OC(C)C)c1. The number of aromatic nitrogens is 2. The van der Waals surface area contributed by atoms with E-state index < -0.39 is 12.3 Å². The van der Waals surface area contributed by atoms with Crippen molar-refractivity contribution in [2.45, 2.75) is 65.1 Å². The number of ether oxygens (including phenoxy) is 3. The molecule has 8 nitrogen and oxygen atoms in total. The Bertz CT molecular complexity index is 1650. The Morgan fingerprint density at radius 3 is 2.50 bits per heavy atom. The summed E-state index contributed by atoms with van der Waals surface area (Å²) in [5, 5.41) is 13.9. The maximum atomic E-state index is 13.1. The van der Waals surface area contributed by atoms with Crippen molar-refractivity contribution < 1.29 is 37.3 Å².